The van der Waals surface area contributed by atoms with Crippen molar-refractivity contribution in [2.75, 3.05) is 26.5 Å². The first kappa shape index (κ1) is 43.4. The van der Waals surface area contributed by atoms with Crippen molar-refractivity contribution in [1.82, 2.24) is 4.90 Å². The zero-order valence-corrected chi connectivity index (χ0v) is 30.6. The van der Waals surface area contributed by atoms with Crippen LogP contribution >= 0.6 is 0 Å². The van der Waals surface area contributed by atoms with Crippen molar-refractivity contribution in [2.24, 2.45) is 0 Å². The van der Waals surface area contributed by atoms with Crippen LogP contribution in [0.2, 0.25) is 0 Å². The molecule has 0 saturated heterocycles. The highest BCUT2D eigenvalue weighted by Gasteiger charge is 2.17. The molecule has 264 valence electrons. The molecular weight excluding hydrogens is 582 g/mol. The third-order valence-corrected chi connectivity index (χ3v) is 8.60. The smallest absolute Gasteiger partial charge is 0.409 e. The van der Waals surface area contributed by atoms with Crippen LogP contribution in [0.5, 0.6) is 0 Å². The number of carbonyl (C=O) groups excluding carboxylic acids is 1. The zero-order chi connectivity index (χ0) is 33.3. The molecule has 0 N–H and O–H groups in total. The summed E-state index contributed by atoms with van der Waals surface area (Å²) in [5.41, 5.74) is 0. The van der Waals surface area contributed by atoms with Crippen LogP contribution in [-0.4, -0.2) is 52.0 Å². The second-order valence-corrected chi connectivity index (χ2v) is 14.3. The van der Waals surface area contributed by atoms with E-state index >= 15 is 0 Å². The second-order valence-electron chi connectivity index (χ2n) is 12.6. The van der Waals surface area contributed by atoms with Crippen LogP contribution in [-0.2, 0) is 19.0 Å². The summed E-state index contributed by atoms with van der Waals surface area (Å²) in [6.45, 7) is 4.93. The summed E-state index contributed by atoms with van der Waals surface area (Å²) in [6, 6.07) is 0. The Labute approximate surface area is 279 Å². The van der Waals surface area contributed by atoms with Crippen molar-refractivity contribution in [3.8, 4) is 0 Å². The van der Waals surface area contributed by atoms with Gasteiger partial charge in [0, 0.05) is 13.6 Å². The Morgan fingerprint density at radius 3 is 1.60 bits per heavy atom. The van der Waals surface area contributed by atoms with Crippen LogP contribution < -0.4 is 0 Å². The summed E-state index contributed by atoms with van der Waals surface area (Å²) in [7, 11) is -1.75. The zero-order valence-electron chi connectivity index (χ0n) is 29.8. The fourth-order valence-electron chi connectivity index (χ4n) is 5.20. The standard InChI is InChI=1S/C38H71NO5S/c1-5-7-9-11-13-15-17-18-19-20-21-23-25-27-29-31-34-37(33-30-28-26-24-22-16-14-12-10-8-6-2)44-38(40)39(3)35-32-36-43-45(4,41)42/h10,12-13,15,18-19,37H,5-9,11,14,16-17,20-36H2,1-4H3/b12-10-,15-13-,19-18-. The van der Waals surface area contributed by atoms with Gasteiger partial charge in [0.25, 0.3) is 10.1 Å². The molecular formula is C38H71NO5S. The average molecular weight is 654 g/mol. The number of hydrogen-bond acceptors (Lipinski definition) is 5. The van der Waals surface area contributed by atoms with E-state index in [1.54, 1.807) is 7.05 Å². The van der Waals surface area contributed by atoms with E-state index in [1.165, 1.54) is 120 Å². The normalized spacial score (nSPS) is 13.0. The minimum atomic E-state index is -3.46. The monoisotopic (exact) mass is 654 g/mol. The summed E-state index contributed by atoms with van der Waals surface area (Å²) in [6.07, 6.45) is 42.4. The van der Waals surface area contributed by atoms with E-state index in [0.29, 0.717) is 13.0 Å². The van der Waals surface area contributed by atoms with E-state index in [2.05, 4.69) is 50.3 Å². The minimum Gasteiger partial charge on any atom is -0.446 e. The maximum Gasteiger partial charge on any atom is 0.409 e. The van der Waals surface area contributed by atoms with Crippen LogP contribution in [0.15, 0.2) is 36.5 Å². The van der Waals surface area contributed by atoms with Gasteiger partial charge in [0.15, 0.2) is 0 Å². The predicted molar refractivity (Wildman–Crippen MR) is 193 cm³/mol. The van der Waals surface area contributed by atoms with Crippen LogP contribution in [0.1, 0.15) is 168 Å². The summed E-state index contributed by atoms with van der Waals surface area (Å²) in [5, 5.41) is 0. The molecule has 0 aliphatic carbocycles. The first-order valence-corrected chi connectivity index (χ1v) is 20.3. The van der Waals surface area contributed by atoms with Crippen LogP contribution in [0.3, 0.4) is 0 Å². The van der Waals surface area contributed by atoms with Gasteiger partial charge in [0.1, 0.15) is 6.10 Å². The SMILES string of the molecule is CCC/C=C\CCCCCCCCC(CCCCCCCC/C=C\C/C=C\CCCCC)OC(=O)N(C)CCCOS(C)(=O)=O. The number of nitrogens with zero attached hydrogens (tertiary/aromatic N) is 1. The number of allylic oxidation sites excluding steroid dienone is 6. The van der Waals surface area contributed by atoms with Crippen molar-refractivity contribution < 1.29 is 22.1 Å². The van der Waals surface area contributed by atoms with Gasteiger partial charge in [-0.25, -0.2) is 4.79 Å². The molecule has 0 heterocycles. The summed E-state index contributed by atoms with van der Waals surface area (Å²) < 4.78 is 33.0. The predicted octanol–water partition coefficient (Wildman–Crippen LogP) is 11.5. The van der Waals surface area contributed by atoms with E-state index in [-0.39, 0.29) is 18.8 Å². The van der Waals surface area contributed by atoms with Gasteiger partial charge in [-0.15, -0.1) is 0 Å². The highest BCUT2D eigenvalue weighted by atomic mass is 32.2. The Hall–Kier alpha value is -1.60. The molecule has 0 fully saturated rings. The van der Waals surface area contributed by atoms with E-state index < -0.39 is 10.1 Å². The van der Waals surface area contributed by atoms with Crippen LogP contribution in [0, 0.1) is 0 Å². The molecule has 0 spiro atoms. The van der Waals surface area contributed by atoms with E-state index in [4.69, 9.17) is 8.92 Å². The van der Waals surface area contributed by atoms with E-state index in [1.807, 2.05) is 0 Å². The van der Waals surface area contributed by atoms with Crippen molar-refractivity contribution in [3.63, 3.8) is 0 Å². The number of rotatable bonds is 32. The largest absolute Gasteiger partial charge is 0.446 e. The number of unbranched alkanes of at least 4 members (excludes halogenated alkanes) is 16. The molecule has 0 saturated carbocycles. The molecule has 0 aromatic rings. The van der Waals surface area contributed by atoms with Crippen molar-refractivity contribution in [3.05, 3.63) is 36.5 Å². The highest BCUT2D eigenvalue weighted by molar-refractivity contribution is 7.85. The molecule has 1 atom stereocenters. The van der Waals surface area contributed by atoms with Gasteiger partial charge in [0.05, 0.1) is 12.9 Å². The summed E-state index contributed by atoms with van der Waals surface area (Å²) in [4.78, 5) is 14.3. The molecule has 0 aromatic carbocycles. The fraction of sp³-hybridized carbons (Fsp3) is 0.816. The molecule has 1 unspecified atom stereocenters. The average Bonchev–Trinajstić information content (AvgIpc) is 3.00. The van der Waals surface area contributed by atoms with Gasteiger partial charge in [0.2, 0.25) is 0 Å². The van der Waals surface area contributed by atoms with Gasteiger partial charge < -0.3 is 9.64 Å². The van der Waals surface area contributed by atoms with E-state index in [0.717, 1.165) is 38.4 Å². The Kier molecular flexibility index (Phi) is 31.2. The van der Waals surface area contributed by atoms with Crippen LogP contribution in [0.4, 0.5) is 4.79 Å². The number of ether oxygens (including phenoxy) is 1. The Morgan fingerprint density at radius 1 is 0.622 bits per heavy atom. The molecule has 1 amide bonds. The fourth-order valence-corrected chi connectivity index (χ4v) is 5.62. The number of hydrogen-bond donors (Lipinski definition) is 0. The molecule has 0 aliphatic rings. The summed E-state index contributed by atoms with van der Waals surface area (Å²) in [5.74, 6) is 0. The molecule has 7 heteroatoms. The Balaban J connectivity index is 4.27. The second kappa shape index (κ2) is 32.3. The Bertz CT molecular complexity index is 852. The minimum absolute atomic E-state index is 0.0539. The van der Waals surface area contributed by atoms with Crippen molar-refractivity contribution in [2.45, 2.75) is 174 Å². The van der Waals surface area contributed by atoms with Gasteiger partial charge in [-0.3, -0.25) is 4.18 Å². The van der Waals surface area contributed by atoms with Crippen molar-refractivity contribution in [1.29, 1.82) is 0 Å². The highest BCUT2D eigenvalue weighted by Crippen LogP contribution is 2.18. The lowest BCUT2D eigenvalue weighted by Crippen LogP contribution is -2.32. The number of amides is 1. The summed E-state index contributed by atoms with van der Waals surface area (Å²) >= 11 is 0. The molecule has 0 rings (SSSR count). The maximum atomic E-state index is 12.7. The molecule has 0 radical (unpaired) electrons. The van der Waals surface area contributed by atoms with Crippen LogP contribution in [0.25, 0.3) is 0 Å². The number of carbonyl (C=O) groups is 1. The first-order chi connectivity index (χ1) is 21.8. The molecule has 6 nitrogen and oxygen atoms in total. The maximum absolute atomic E-state index is 12.7. The molecule has 0 aliphatic heterocycles. The first-order valence-electron chi connectivity index (χ1n) is 18.5. The van der Waals surface area contributed by atoms with Gasteiger partial charge >= 0.3 is 6.09 Å². The van der Waals surface area contributed by atoms with Crippen molar-refractivity contribution >= 4 is 16.2 Å². The lowest BCUT2D eigenvalue weighted by atomic mass is 10.0. The van der Waals surface area contributed by atoms with Gasteiger partial charge in [-0.1, -0.05) is 121 Å². The molecule has 0 aromatic heterocycles. The quantitative estimate of drug-likeness (QED) is 0.0410. The lowest BCUT2D eigenvalue weighted by molar-refractivity contribution is 0.0574. The Morgan fingerprint density at radius 2 is 1.09 bits per heavy atom. The van der Waals surface area contributed by atoms with Gasteiger partial charge in [-0.05, 0) is 83.5 Å². The van der Waals surface area contributed by atoms with Gasteiger partial charge in [-0.2, -0.15) is 8.42 Å². The third-order valence-electron chi connectivity index (χ3n) is 8.01. The van der Waals surface area contributed by atoms with E-state index in [9.17, 15) is 13.2 Å². The lowest BCUT2D eigenvalue weighted by Gasteiger charge is -2.23. The third kappa shape index (κ3) is 33.6. The molecule has 0 bridgehead atoms. The topological polar surface area (TPSA) is 72.9 Å². The molecule has 45 heavy (non-hydrogen) atoms.